The second-order valence-electron chi connectivity index (χ2n) is 5.82. The monoisotopic (exact) mass is 418 g/mol. The van der Waals surface area contributed by atoms with Crippen LogP contribution in [0.15, 0.2) is 42.5 Å². The van der Waals surface area contributed by atoms with E-state index < -0.39 is 23.8 Å². The van der Waals surface area contributed by atoms with E-state index in [1.807, 2.05) is 0 Å². The predicted molar refractivity (Wildman–Crippen MR) is 106 cm³/mol. The van der Waals surface area contributed by atoms with Crippen LogP contribution in [-0.4, -0.2) is 44.5 Å². The van der Waals surface area contributed by atoms with Crippen LogP contribution in [0.4, 0.5) is 5.69 Å². The molecule has 0 heterocycles. The molecule has 0 saturated heterocycles. The molecule has 2 amide bonds. The van der Waals surface area contributed by atoms with Crippen molar-refractivity contribution in [2.45, 2.75) is 6.42 Å². The second-order valence-corrected chi connectivity index (χ2v) is 6.22. The lowest BCUT2D eigenvalue weighted by Gasteiger charge is -2.10. The molecule has 0 radical (unpaired) electrons. The number of esters is 2. The van der Waals surface area contributed by atoms with Crippen molar-refractivity contribution in [3.05, 3.63) is 64.2 Å². The Balaban J connectivity index is 2.00. The third-order valence-electron chi connectivity index (χ3n) is 3.82. The minimum atomic E-state index is -0.668. The average Bonchev–Trinajstić information content (AvgIpc) is 2.72. The Morgan fingerprint density at radius 1 is 0.931 bits per heavy atom. The largest absolute Gasteiger partial charge is 0.465 e. The Morgan fingerprint density at radius 2 is 1.52 bits per heavy atom. The van der Waals surface area contributed by atoms with Gasteiger partial charge in [0, 0.05) is 18.7 Å². The third kappa shape index (κ3) is 6.05. The molecule has 8 nitrogen and oxygen atoms in total. The first-order valence-electron chi connectivity index (χ1n) is 8.50. The van der Waals surface area contributed by atoms with Crippen LogP contribution in [0.2, 0.25) is 5.02 Å². The highest BCUT2D eigenvalue weighted by Gasteiger charge is 2.15. The third-order valence-corrected chi connectivity index (χ3v) is 4.14. The number of benzene rings is 2. The molecule has 29 heavy (non-hydrogen) atoms. The first-order chi connectivity index (χ1) is 13.8. The van der Waals surface area contributed by atoms with Gasteiger partial charge in [-0.05, 0) is 30.3 Å². The van der Waals surface area contributed by atoms with E-state index in [1.165, 1.54) is 32.4 Å². The van der Waals surface area contributed by atoms with Crippen LogP contribution in [0.3, 0.4) is 0 Å². The van der Waals surface area contributed by atoms with Crippen LogP contribution in [0, 0.1) is 0 Å². The minimum Gasteiger partial charge on any atom is -0.465 e. The lowest BCUT2D eigenvalue weighted by atomic mass is 10.1. The number of anilines is 1. The molecular formula is C20H19ClN2O6. The fourth-order valence-electron chi connectivity index (χ4n) is 2.42. The summed E-state index contributed by atoms with van der Waals surface area (Å²) in [4.78, 5) is 47.8. The highest BCUT2D eigenvalue weighted by atomic mass is 35.5. The van der Waals surface area contributed by atoms with Gasteiger partial charge in [0.1, 0.15) is 0 Å². The van der Waals surface area contributed by atoms with Crippen molar-refractivity contribution in [3.8, 4) is 0 Å². The highest BCUT2D eigenvalue weighted by molar-refractivity contribution is 6.33. The number of carbonyl (C=O) groups excluding carboxylic acids is 4. The number of hydrogen-bond acceptors (Lipinski definition) is 6. The van der Waals surface area contributed by atoms with E-state index in [9.17, 15) is 19.2 Å². The van der Waals surface area contributed by atoms with Crippen molar-refractivity contribution < 1.29 is 28.7 Å². The fraction of sp³-hybridized carbons (Fsp3) is 0.200. The molecule has 2 aromatic rings. The van der Waals surface area contributed by atoms with Gasteiger partial charge in [-0.2, -0.15) is 0 Å². The van der Waals surface area contributed by atoms with E-state index in [4.69, 9.17) is 11.6 Å². The summed E-state index contributed by atoms with van der Waals surface area (Å²) >= 11 is 5.96. The standard InChI is InChI=1S/C20H19ClN2O6/c1-28-19(26)12-9-13(20(27)29-2)11-14(10-12)23-17(24)7-8-22-18(25)15-5-3-4-6-16(15)21/h3-6,9-11H,7-8H2,1-2H3,(H,22,25)(H,23,24). The Labute approximate surface area is 172 Å². The Kier molecular flexibility index (Phi) is 7.73. The lowest BCUT2D eigenvalue weighted by Crippen LogP contribution is -2.28. The fourth-order valence-corrected chi connectivity index (χ4v) is 2.65. The molecule has 2 rings (SSSR count). The van der Waals surface area contributed by atoms with Crippen molar-refractivity contribution in [3.63, 3.8) is 0 Å². The lowest BCUT2D eigenvalue weighted by molar-refractivity contribution is -0.116. The van der Waals surface area contributed by atoms with Gasteiger partial charge in [-0.15, -0.1) is 0 Å². The van der Waals surface area contributed by atoms with E-state index >= 15 is 0 Å². The molecule has 9 heteroatoms. The maximum absolute atomic E-state index is 12.2. The quantitative estimate of drug-likeness (QED) is 0.669. The first-order valence-corrected chi connectivity index (χ1v) is 8.87. The zero-order chi connectivity index (χ0) is 21.4. The molecule has 0 aliphatic rings. The van der Waals surface area contributed by atoms with Gasteiger partial charge in [0.25, 0.3) is 5.91 Å². The summed E-state index contributed by atoms with van der Waals surface area (Å²) < 4.78 is 9.29. The maximum Gasteiger partial charge on any atom is 0.337 e. The molecule has 152 valence electrons. The molecule has 0 aromatic heterocycles. The smallest absolute Gasteiger partial charge is 0.337 e. The molecule has 2 aromatic carbocycles. The first kappa shape index (κ1) is 21.9. The summed E-state index contributed by atoms with van der Waals surface area (Å²) in [6.45, 7) is 0.0659. The van der Waals surface area contributed by atoms with Gasteiger partial charge in [0.05, 0.1) is 35.9 Å². The molecule has 0 bridgehead atoms. The van der Waals surface area contributed by atoms with E-state index in [0.29, 0.717) is 10.6 Å². The maximum atomic E-state index is 12.2. The van der Waals surface area contributed by atoms with Crippen LogP contribution in [-0.2, 0) is 14.3 Å². The molecule has 0 aliphatic heterocycles. The predicted octanol–water partition coefficient (Wildman–Crippen LogP) is 2.67. The summed E-state index contributed by atoms with van der Waals surface area (Å²) in [7, 11) is 2.40. The van der Waals surface area contributed by atoms with Crippen LogP contribution in [0.25, 0.3) is 0 Å². The summed E-state index contributed by atoms with van der Waals surface area (Å²) in [6.07, 6.45) is -0.0355. The molecular weight excluding hydrogens is 400 g/mol. The molecule has 2 N–H and O–H groups in total. The van der Waals surface area contributed by atoms with Crippen molar-refractivity contribution in [1.29, 1.82) is 0 Å². The number of hydrogen-bond donors (Lipinski definition) is 2. The van der Waals surface area contributed by atoms with Gasteiger partial charge >= 0.3 is 11.9 Å². The molecule has 0 atom stereocenters. The zero-order valence-electron chi connectivity index (χ0n) is 15.8. The van der Waals surface area contributed by atoms with E-state index in [1.54, 1.807) is 24.3 Å². The van der Waals surface area contributed by atoms with Gasteiger partial charge < -0.3 is 20.1 Å². The Bertz CT molecular complexity index is 910. The summed E-state index contributed by atoms with van der Waals surface area (Å²) in [6, 6.07) is 10.6. The van der Waals surface area contributed by atoms with Crippen molar-refractivity contribution >= 4 is 41.0 Å². The number of carbonyl (C=O) groups is 4. The van der Waals surface area contributed by atoms with E-state index in [-0.39, 0.29) is 29.8 Å². The topological polar surface area (TPSA) is 111 Å². The van der Waals surface area contributed by atoms with Gasteiger partial charge in [-0.1, -0.05) is 23.7 Å². The van der Waals surface area contributed by atoms with Crippen LogP contribution in [0.5, 0.6) is 0 Å². The van der Waals surface area contributed by atoms with Crippen LogP contribution < -0.4 is 10.6 Å². The normalized spacial score (nSPS) is 10.0. The molecule has 0 aliphatic carbocycles. The van der Waals surface area contributed by atoms with E-state index in [0.717, 1.165) is 0 Å². The van der Waals surface area contributed by atoms with Crippen LogP contribution >= 0.6 is 11.6 Å². The van der Waals surface area contributed by atoms with E-state index in [2.05, 4.69) is 20.1 Å². The summed E-state index contributed by atoms with van der Waals surface area (Å²) in [5.74, 6) is -2.16. The number of methoxy groups -OCH3 is 2. The van der Waals surface area contributed by atoms with Gasteiger partial charge in [-0.3, -0.25) is 9.59 Å². The van der Waals surface area contributed by atoms with Crippen molar-refractivity contribution in [2.24, 2.45) is 0 Å². The van der Waals surface area contributed by atoms with Gasteiger partial charge in [-0.25, -0.2) is 9.59 Å². The zero-order valence-corrected chi connectivity index (χ0v) is 16.5. The molecule has 0 unspecified atom stereocenters. The molecule has 0 saturated carbocycles. The van der Waals surface area contributed by atoms with Gasteiger partial charge in [0.2, 0.25) is 5.91 Å². The highest BCUT2D eigenvalue weighted by Crippen LogP contribution is 2.17. The summed E-state index contributed by atoms with van der Waals surface area (Å²) in [5, 5.41) is 5.48. The number of ether oxygens (including phenoxy) is 2. The number of nitrogens with one attached hydrogen (secondary N) is 2. The van der Waals surface area contributed by atoms with Crippen molar-refractivity contribution in [2.75, 3.05) is 26.1 Å². The number of halogens is 1. The average molecular weight is 419 g/mol. The SMILES string of the molecule is COC(=O)c1cc(NC(=O)CCNC(=O)c2ccccc2Cl)cc(C(=O)OC)c1. The van der Waals surface area contributed by atoms with Crippen molar-refractivity contribution in [1.82, 2.24) is 5.32 Å². The Morgan fingerprint density at radius 3 is 2.07 bits per heavy atom. The Hall–Kier alpha value is -3.39. The van der Waals surface area contributed by atoms with Gasteiger partial charge in [0.15, 0.2) is 0 Å². The molecule has 0 fully saturated rings. The molecule has 0 spiro atoms. The summed E-state index contributed by atoms with van der Waals surface area (Å²) in [5.41, 5.74) is 0.689. The number of amides is 2. The minimum absolute atomic E-state index is 0.0355. The second kappa shape index (κ2) is 10.2. The number of rotatable bonds is 7. The van der Waals surface area contributed by atoms with Crippen LogP contribution in [0.1, 0.15) is 37.5 Å².